The van der Waals surface area contributed by atoms with Gasteiger partial charge in [0.05, 0.1) is 0 Å². The second kappa shape index (κ2) is 14.2. The molecule has 0 amide bonds. The molecule has 2 rings (SSSR count). The number of benzene rings is 1. The van der Waals surface area contributed by atoms with Crippen LogP contribution in [0.3, 0.4) is 0 Å². The van der Waals surface area contributed by atoms with Gasteiger partial charge in [0.2, 0.25) is 0 Å². The third-order valence-electron chi connectivity index (χ3n) is 5.56. The van der Waals surface area contributed by atoms with Crippen LogP contribution in [0.1, 0.15) is 51.2 Å². The molecule has 0 spiro atoms. The van der Waals surface area contributed by atoms with Gasteiger partial charge in [0.1, 0.15) is 0 Å². The average Bonchev–Trinajstić information content (AvgIpc) is 2.71. The summed E-state index contributed by atoms with van der Waals surface area (Å²) in [5.74, 6) is 0.867. The number of nitrogens with zero attached hydrogens (tertiary/aromatic N) is 3. The zero-order valence-electron chi connectivity index (χ0n) is 18.2. The molecule has 1 heterocycles. The smallest absolute Gasteiger partial charge is 0.191 e. The quantitative estimate of drug-likeness (QED) is 0.308. The van der Waals surface area contributed by atoms with E-state index in [2.05, 4.69) is 70.5 Å². The van der Waals surface area contributed by atoms with Gasteiger partial charge >= 0.3 is 0 Å². The molecule has 1 fully saturated rings. The molecule has 0 radical (unpaired) electrons. The van der Waals surface area contributed by atoms with Gasteiger partial charge in [-0.15, -0.1) is 24.0 Å². The largest absolute Gasteiger partial charge is 0.355 e. The molecule has 1 atom stereocenters. The number of nitrogens with one attached hydrogen (secondary N) is 2. The Kier molecular flexibility index (Phi) is 12.7. The molecular weight excluding hydrogens is 461 g/mol. The van der Waals surface area contributed by atoms with Gasteiger partial charge in [-0.2, -0.15) is 0 Å². The van der Waals surface area contributed by atoms with E-state index in [1.165, 1.54) is 43.5 Å². The van der Waals surface area contributed by atoms with E-state index in [4.69, 9.17) is 0 Å². The lowest BCUT2D eigenvalue weighted by molar-refractivity contribution is 0.221. The van der Waals surface area contributed by atoms with Crippen molar-refractivity contribution in [1.82, 2.24) is 20.4 Å². The van der Waals surface area contributed by atoms with Crippen LogP contribution >= 0.6 is 24.0 Å². The highest BCUT2D eigenvalue weighted by molar-refractivity contribution is 14.0. The van der Waals surface area contributed by atoms with Crippen molar-refractivity contribution in [2.24, 2.45) is 4.99 Å². The number of hydrogen-bond donors (Lipinski definition) is 2. The van der Waals surface area contributed by atoms with Gasteiger partial charge in [-0.05, 0) is 57.1 Å². The fourth-order valence-electron chi connectivity index (χ4n) is 3.77. The number of hydrogen-bond acceptors (Lipinski definition) is 3. The Morgan fingerprint density at radius 1 is 1.04 bits per heavy atom. The van der Waals surface area contributed by atoms with E-state index < -0.39 is 0 Å². The molecule has 0 aromatic heterocycles. The molecule has 0 saturated carbocycles. The number of piperidine rings is 1. The molecule has 0 bridgehead atoms. The molecule has 0 aliphatic carbocycles. The second-order valence-electron chi connectivity index (χ2n) is 7.53. The molecule has 1 aromatic carbocycles. The van der Waals surface area contributed by atoms with Crippen LogP contribution in [-0.4, -0.2) is 61.6 Å². The van der Waals surface area contributed by atoms with Gasteiger partial charge in [-0.1, -0.05) is 44.5 Å². The highest BCUT2D eigenvalue weighted by Gasteiger charge is 2.11. The molecule has 6 heteroatoms. The summed E-state index contributed by atoms with van der Waals surface area (Å²) in [4.78, 5) is 9.37. The van der Waals surface area contributed by atoms with Gasteiger partial charge in [0.15, 0.2) is 5.96 Å². The van der Waals surface area contributed by atoms with Crippen molar-refractivity contribution in [2.75, 3.05) is 39.8 Å². The van der Waals surface area contributed by atoms with E-state index in [0.717, 1.165) is 38.7 Å². The number of guanidine groups is 1. The lowest BCUT2D eigenvalue weighted by Gasteiger charge is -2.27. The first kappa shape index (κ1) is 25.2. The molecule has 1 aromatic rings. The number of halogens is 1. The Morgan fingerprint density at radius 3 is 2.21 bits per heavy atom. The van der Waals surface area contributed by atoms with Gasteiger partial charge in [0, 0.05) is 32.7 Å². The first-order valence-corrected chi connectivity index (χ1v) is 10.6. The van der Waals surface area contributed by atoms with E-state index in [0.29, 0.717) is 6.04 Å². The minimum atomic E-state index is 0. The Balaban J connectivity index is 0.00000392. The molecule has 1 aliphatic rings. The molecule has 160 valence electrons. The van der Waals surface area contributed by atoms with Crippen molar-refractivity contribution in [3.05, 3.63) is 35.4 Å². The van der Waals surface area contributed by atoms with Crippen molar-refractivity contribution < 1.29 is 0 Å². The summed E-state index contributed by atoms with van der Waals surface area (Å²) in [5.41, 5.74) is 2.70. The van der Waals surface area contributed by atoms with Crippen molar-refractivity contribution in [2.45, 2.75) is 59.2 Å². The van der Waals surface area contributed by atoms with Crippen LogP contribution in [0, 0.1) is 0 Å². The third kappa shape index (κ3) is 8.66. The second-order valence-corrected chi connectivity index (χ2v) is 7.53. The summed E-state index contributed by atoms with van der Waals surface area (Å²) in [5, 5.41) is 6.87. The highest BCUT2D eigenvalue weighted by atomic mass is 127. The Labute approximate surface area is 189 Å². The maximum absolute atomic E-state index is 4.35. The zero-order valence-corrected chi connectivity index (χ0v) is 20.5. The normalized spacial score (nSPS) is 16.5. The predicted molar refractivity (Wildman–Crippen MR) is 132 cm³/mol. The van der Waals surface area contributed by atoms with E-state index >= 15 is 0 Å². The van der Waals surface area contributed by atoms with Crippen LogP contribution < -0.4 is 10.6 Å². The van der Waals surface area contributed by atoms with E-state index in [1.807, 2.05) is 7.05 Å². The highest BCUT2D eigenvalue weighted by Crippen LogP contribution is 2.13. The minimum Gasteiger partial charge on any atom is -0.355 e. The van der Waals surface area contributed by atoms with Crippen molar-refractivity contribution in [3.63, 3.8) is 0 Å². The van der Waals surface area contributed by atoms with Crippen LogP contribution in [0.5, 0.6) is 0 Å². The fraction of sp³-hybridized carbons (Fsp3) is 0.682. The summed E-state index contributed by atoms with van der Waals surface area (Å²) in [6.07, 6.45) is 4.09. The molecule has 2 N–H and O–H groups in total. The van der Waals surface area contributed by atoms with Crippen LogP contribution in [-0.2, 0) is 13.1 Å². The van der Waals surface area contributed by atoms with E-state index in [1.54, 1.807) is 0 Å². The predicted octanol–water partition coefficient (Wildman–Crippen LogP) is 3.69. The topological polar surface area (TPSA) is 42.9 Å². The number of likely N-dealkylation sites (tertiary alicyclic amines) is 1. The maximum atomic E-state index is 4.35. The molecule has 5 nitrogen and oxygen atoms in total. The van der Waals surface area contributed by atoms with Crippen molar-refractivity contribution >= 4 is 29.9 Å². The molecule has 1 saturated heterocycles. The monoisotopic (exact) mass is 501 g/mol. The number of aliphatic imine (C=N–C) groups is 1. The van der Waals surface area contributed by atoms with Gasteiger partial charge in [0.25, 0.3) is 0 Å². The van der Waals surface area contributed by atoms with Crippen LogP contribution in [0.15, 0.2) is 29.3 Å². The standard InChI is InChI=1S/C22H39N5.HI/c1-5-27(6-2)19(3)16-24-22(23-4)25-17-20-10-12-21(13-11-20)18-26-14-8-7-9-15-26;/h10-13,19H,5-9,14-18H2,1-4H3,(H2,23,24,25);1H. The van der Waals surface area contributed by atoms with Crippen LogP contribution in [0.2, 0.25) is 0 Å². The Morgan fingerprint density at radius 2 is 1.64 bits per heavy atom. The zero-order chi connectivity index (χ0) is 19.5. The molecule has 28 heavy (non-hydrogen) atoms. The summed E-state index contributed by atoms with van der Waals surface area (Å²) in [6, 6.07) is 9.50. The van der Waals surface area contributed by atoms with Crippen LogP contribution in [0.25, 0.3) is 0 Å². The lowest BCUT2D eigenvalue weighted by Crippen LogP contribution is -2.45. The summed E-state index contributed by atoms with van der Waals surface area (Å²) in [7, 11) is 1.83. The average molecular weight is 502 g/mol. The molecular formula is C22H40IN5. The number of likely N-dealkylation sites (N-methyl/N-ethyl adjacent to an activating group) is 1. The first-order valence-electron chi connectivity index (χ1n) is 10.6. The Hall–Kier alpha value is -0.860. The lowest BCUT2D eigenvalue weighted by atomic mass is 10.1. The summed E-state index contributed by atoms with van der Waals surface area (Å²) in [6.45, 7) is 14.1. The van der Waals surface area contributed by atoms with Crippen molar-refractivity contribution in [1.29, 1.82) is 0 Å². The Bertz CT molecular complexity index is 551. The maximum Gasteiger partial charge on any atom is 0.191 e. The van der Waals surface area contributed by atoms with E-state index in [9.17, 15) is 0 Å². The summed E-state index contributed by atoms with van der Waals surface area (Å²) >= 11 is 0. The molecule has 1 unspecified atom stereocenters. The molecule has 1 aliphatic heterocycles. The number of rotatable bonds is 9. The van der Waals surface area contributed by atoms with Gasteiger partial charge in [-0.25, -0.2) is 0 Å². The first-order chi connectivity index (χ1) is 13.2. The third-order valence-corrected chi connectivity index (χ3v) is 5.56. The van der Waals surface area contributed by atoms with Crippen molar-refractivity contribution in [3.8, 4) is 0 Å². The van der Waals surface area contributed by atoms with Crippen LogP contribution in [0.4, 0.5) is 0 Å². The summed E-state index contributed by atoms with van der Waals surface area (Å²) < 4.78 is 0. The fourth-order valence-corrected chi connectivity index (χ4v) is 3.77. The van der Waals surface area contributed by atoms with E-state index in [-0.39, 0.29) is 24.0 Å². The van der Waals surface area contributed by atoms with Gasteiger partial charge in [-0.3, -0.25) is 14.8 Å². The SMILES string of the molecule is CCN(CC)C(C)CNC(=NC)NCc1ccc(CN2CCCCC2)cc1.I. The minimum absolute atomic E-state index is 0. The van der Waals surface area contributed by atoms with Gasteiger partial charge < -0.3 is 10.6 Å².